The second-order valence-corrected chi connectivity index (χ2v) is 8.98. The molecule has 2 aromatic rings. The van der Waals surface area contributed by atoms with E-state index in [1.165, 1.54) is 16.7 Å². The maximum Gasteiger partial charge on any atom is 0.266 e. The summed E-state index contributed by atoms with van der Waals surface area (Å²) in [5, 5.41) is 2.88. The van der Waals surface area contributed by atoms with Crippen LogP contribution in [-0.4, -0.2) is 40.8 Å². The van der Waals surface area contributed by atoms with Gasteiger partial charge in [0, 0.05) is 12.2 Å². The molecule has 0 bridgehead atoms. The van der Waals surface area contributed by atoms with Crippen molar-refractivity contribution in [3.05, 3.63) is 70.6 Å². The van der Waals surface area contributed by atoms with Crippen molar-refractivity contribution in [2.45, 2.75) is 20.8 Å². The quantitative estimate of drug-likeness (QED) is 0.304. The number of thioether (sulfide) groups is 1. The summed E-state index contributed by atoms with van der Waals surface area (Å²) >= 11 is 6.54. The average Bonchev–Trinajstić information content (AvgIpc) is 3.04. The number of carbonyl (C=O) groups is 2. The van der Waals surface area contributed by atoms with Crippen molar-refractivity contribution >= 4 is 51.9 Å². The Kier molecular flexibility index (Phi) is 8.30. The van der Waals surface area contributed by atoms with E-state index < -0.39 is 0 Å². The predicted octanol–water partition coefficient (Wildman–Crippen LogP) is 5.11. The lowest BCUT2D eigenvalue weighted by Crippen LogP contribution is -2.27. The van der Waals surface area contributed by atoms with Gasteiger partial charge in [0.1, 0.15) is 4.32 Å². The molecule has 0 aliphatic carbocycles. The lowest BCUT2D eigenvalue weighted by molar-refractivity contribution is -0.121. The Bertz CT molecular complexity index is 1130. The molecule has 0 unspecified atom stereocenters. The number of aryl methyl sites for hydroxylation is 1. The first kappa shape index (κ1) is 24.5. The van der Waals surface area contributed by atoms with Crippen LogP contribution in [0, 0.1) is 13.8 Å². The van der Waals surface area contributed by atoms with Crippen molar-refractivity contribution in [3.8, 4) is 11.5 Å². The molecule has 2 amide bonds. The Morgan fingerprint density at radius 1 is 1.21 bits per heavy atom. The van der Waals surface area contributed by atoms with Gasteiger partial charge in [0.25, 0.3) is 11.8 Å². The molecule has 0 aromatic heterocycles. The molecule has 1 N–H and O–H groups in total. The van der Waals surface area contributed by atoms with E-state index >= 15 is 0 Å². The second-order valence-electron chi connectivity index (χ2n) is 7.30. The molecule has 33 heavy (non-hydrogen) atoms. The monoisotopic (exact) mass is 482 g/mol. The third-order valence-electron chi connectivity index (χ3n) is 4.99. The predicted molar refractivity (Wildman–Crippen MR) is 138 cm³/mol. The first-order valence-electron chi connectivity index (χ1n) is 10.5. The molecule has 1 heterocycles. The Hall–Kier alpha value is -3.10. The van der Waals surface area contributed by atoms with Gasteiger partial charge in [-0.3, -0.25) is 14.5 Å². The SMILES string of the molecule is C=CCN1C(=O)/C(=C/c2ccc(OCC(=O)Nc3cccc(C)c3C)c(OCC)c2)SC1=S. The normalized spacial score (nSPS) is 14.5. The maximum absolute atomic E-state index is 12.6. The maximum atomic E-state index is 12.6. The smallest absolute Gasteiger partial charge is 0.266 e. The van der Waals surface area contributed by atoms with Gasteiger partial charge in [-0.2, -0.15) is 0 Å². The molecule has 1 fully saturated rings. The highest BCUT2D eigenvalue weighted by molar-refractivity contribution is 8.26. The molecular formula is C25H26N2O4S2. The number of nitrogens with one attached hydrogen (secondary N) is 1. The van der Waals surface area contributed by atoms with Crippen molar-refractivity contribution in [1.29, 1.82) is 0 Å². The van der Waals surface area contributed by atoms with Gasteiger partial charge >= 0.3 is 0 Å². The van der Waals surface area contributed by atoms with Gasteiger partial charge in [-0.25, -0.2) is 0 Å². The molecule has 2 aromatic carbocycles. The first-order valence-corrected chi connectivity index (χ1v) is 11.7. The number of nitrogens with zero attached hydrogens (tertiary/aromatic N) is 1. The Labute approximate surface area is 203 Å². The molecule has 1 aliphatic heterocycles. The number of benzene rings is 2. The van der Waals surface area contributed by atoms with Crippen molar-refractivity contribution in [3.63, 3.8) is 0 Å². The summed E-state index contributed by atoms with van der Waals surface area (Å²) < 4.78 is 11.9. The lowest BCUT2D eigenvalue weighted by atomic mass is 10.1. The Balaban J connectivity index is 1.72. The Morgan fingerprint density at radius 2 is 2.00 bits per heavy atom. The summed E-state index contributed by atoms with van der Waals surface area (Å²) in [5.74, 6) is 0.532. The molecule has 172 valence electrons. The third-order valence-corrected chi connectivity index (χ3v) is 6.37. The van der Waals surface area contributed by atoms with Gasteiger partial charge in [0.05, 0.1) is 11.5 Å². The highest BCUT2D eigenvalue weighted by Crippen LogP contribution is 2.35. The van der Waals surface area contributed by atoms with Crippen LogP contribution < -0.4 is 14.8 Å². The van der Waals surface area contributed by atoms with Crippen LogP contribution in [0.2, 0.25) is 0 Å². The minimum Gasteiger partial charge on any atom is -0.490 e. The largest absolute Gasteiger partial charge is 0.490 e. The fourth-order valence-corrected chi connectivity index (χ4v) is 4.43. The molecule has 1 aliphatic rings. The van der Waals surface area contributed by atoms with Crippen molar-refractivity contribution in [2.24, 2.45) is 0 Å². The van der Waals surface area contributed by atoms with Gasteiger partial charge in [-0.05, 0) is 61.7 Å². The van der Waals surface area contributed by atoms with Gasteiger partial charge in [0.2, 0.25) is 0 Å². The van der Waals surface area contributed by atoms with E-state index in [1.54, 1.807) is 30.4 Å². The van der Waals surface area contributed by atoms with Crippen LogP contribution in [0.3, 0.4) is 0 Å². The zero-order valence-electron chi connectivity index (χ0n) is 18.8. The Morgan fingerprint density at radius 3 is 2.73 bits per heavy atom. The summed E-state index contributed by atoms with van der Waals surface area (Å²) in [6, 6.07) is 11.1. The molecule has 0 radical (unpaired) electrons. The summed E-state index contributed by atoms with van der Waals surface area (Å²) in [7, 11) is 0. The number of rotatable bonds is 9. The molecule has 6 nitrogen and oxygen atoms in total. The van der Waals surface area contributed by atoms with E-state index in [1.807, 2.05) is 39.0 Å². The lowest BCUT2D eigenvalue weighted by Gasteiger charge is -2.14. The summed E-state index contributed by atoms with van der Waals surface area (Å²) in [6.45, 7) is 10.1. The minimum atomic E-state index is -0.263. The van der Waals surface area contributed by atoms with Crippen LogP contribution in [0.1, 0.15) is 23.6 Å². The van der Waals surface area contributed by atoms with E-state index in [0.717, 1.165) is 22.4 Å². The van der Waals surface area contributed by atoms with Crippen LogP contribution in [0.4, 0.5) is 5.69 Å². The van der Waals surface area contributed by atoms with Gasteiger partial charge in [0.15, 0.2) is 18.1 Å². The van der Waals surface area contributed by atoms with E-state index in [0.29, 0.717) is 33.9 Å². The number of anilines is 1. The van der Waals surface area contributed by atoms with E-state index in [2.05, 4.69) is 11.9 Å². The minimum absolute atomic E-state index is 0.147. The zero-order valence-corrected chi connectivity index (χ0v) is 20.5. The van der Waals surface area contributed by atoms with E-state index in [4.69, 9.17) is 21.7 Å². The molecule has 0 spiro atoms. The second kappa shape index (κ2) is 11.2. The highest BCUT2D eigenvalue weighted by Gasteiger charge is 2.31. The fraction of sp³-hybridized carbons (Fsp3) is 0.240. The summed E-state index contributed by atoms with van der Waals surface area (Å²) in [5.41, 5.74) is 3.65. The van der Waals surface area contributed by atoms with Gasteiger partial charge in [-0.1, -0.05) is 48.3 Å². The topological polar surface area (TPSA) is 67.9 Å². The van der Waals surface area contributed by atoms with Crippen LogP contribution >= 0.6 is 24.0 Å². The molecule has 0 atom stereocenters. The van der Waals surface area contributed by atoms with Crippen LogP contribution in [0.15, 0.2) is 54.0 Å². The number of carbonyl (C=O) groups excluding carboxylic acids is 2. The van der Waals surface area contributed by atoms with Gasteiger partial charge < -0.3 is 14.8 Å². The molecule has 0 saturated carbocycles. The molecular weight excluding hydrogens is 456 g/mol. The van der Waals surface area contributed by atoms with Gasteiger partial charge in [-0.15, -0.1) is 6.58 Å². The summed E-state index contributed by atoms with van der Waals surface area (Å²) in [6.07, 6.45) is 3.41. The van der Waals surface area contributed by atoms with Crippen LogP contribution in [0.5, 0.6) is 11.5 Å². The summed E-state index contributed by atoms with van der Waals surface area (Å²) in [4.78, 5) is 27.0. The van der Waals surface area contributed by atoms with Crippen molar-refractivity contribution in [2.75, 3.05) is 25.1 Å². The molecule has 8 heteroatoms. The number of amides is 2. The van der Waals surface area contributed by atoms with Crippen molar-refractivity contribution < 1.29 is 19.1 Å². The van der Waals surface area contributed by atoms with Crippen LogP contribution in [0.25, 0.3) is 6.08 Å². The zero-order chi connectivity index (χ0) is 24.0. The fourth-order valence-electron chi connectivity index (χ4n) is 3.16. The van der Waals surface area contributed by atoms with E-state index in [-0.39, 0.29) is 18.4 Å². The average molecular weight is 483 g/mol. The van der Waals surface area contributed by atoms with E-state index in [9.17, 15) is 9.59 Å². The first-order chi connectivity index (χ1) is 15.8. The standard InChI is InChI=1S/C25H26N2O4S2/c1-5-12-27-24(29)22(33-25(27)32)14-18-10-11-20(21(13-18)30-6-2)31-15-23(28)26-19-9-7-8-16(3)17(19)4/h5,7-11,13-14H,1,6,12,15H2,2-4H3,(H,26,28)/b22-14-. The number of thiocarbonyl (C=S) groups is 1. The van der Waals surface area contributed by atoms with Crippen LogP contribution in [-0.2, 0) is 9.59 Å². The third kappa shape index (κ3) is 6.03. The number of ether oxygens (including phenoxy) is 2. The number of hydrogen-bond donors (Lipinski definition) is 1. The number of hydrogen-bond acceptors (Lipinski definition) is 6. The molecule has 1 saturated heterocycles. The highest BCUT2D eigenvalue weighted by atomic mass is 32.2. The van der Waals surface area contributed by atoms with Crippen molar-refractivity contribution in [1.82, 2.24) is 4.90 Å². The molecule has 3 rings (SSSR count).